The van der Waals surface area contributed by atoms with Crippen molar-refractivity contribution in [1.82, 2.24) is 20.4 Å². The summed E-state index contributed by atoms with van der Waals surface area (Å²) < 4.78 is 6.98. The Labute approximate surface area is 202 Å². The van der Waals surface area contributed by atoms with Gasteiger partial charge in [0, 0.05) is 32.8 Å². The molecule has 1 heterocycles. The van der Waals surface area contributed by atoms with E-state index in [9.17, 15) is 5.26 Å². The van der Waals surface area contributed by atoms with Crippen LogP contribution < -0.4 is 16.4 Å². The van der Waals surface area contributed by atoms with E-state index < -0.39 is 0 Å². The van der Waals surface area contributed by atoms with Crippen molar-refractivity contribution >= 4 is 35.8 Å². The average Bonchev–Trinajstić information content (AvgIpc) is 3.09. The number of halogens is 1. The molecule has 0 spiro atoms. The van der Waals surface area contributed by atoms with Gasteiger partial charge in [0.2, 0.25) is 0 Å². The van der Waals surface area contributed by atoms with E-state index in [0.717, 1.165) is 57.2 Å². The predicted molar refractivity (Wildman–Crippen MR) is 136 cm³/mol. The average molecular weight is 539 g/mol. The fraction of sp³-hybridized carbons (Fsp3) is 0.500. The van der Waals surface area contributed by atoms with Crippen LogP contribution in [0.15, 0.2) is 35.3 Å². The van der Waals surface area contributed by atoms with E-state index in [1.54, 1.807) is 4.68 Å². The topological polar surface area (TPSA) is 113 Å². The van der Waals surface area contributed by atoms with Crippen molar-refractivity contribution in [2.75, 3.05) is 38.6 Å². The lowest BCUT2D eigenvalue weighted by molar-refractivity contribution is 0.143. The first kappa shape index (κ1) is 26.7. The molecule has 0 unspecified atom stereocenters. The summed E-state index contributed by atoms with van der Waals surface area (Å²) in [4.78, 5) is 4.62. The number of anilines is 1. The van der Waals surface area contributed by atoms with Gasteiger partial charge in [0.05, 0.1) is 11.4 Å². The second kappa shape index (κ2) is 15.5. The largest absolute Gasteiger partial charge is 0.382 e. The molecule has 0 bridgehead atoms. The SMILES string of the molecule is CCNC(=NCCCc1nn(-c2ccccc2)c(N)c1C#N)NCCCCOCC.I. The maximum atomic E-state index is 9.51. The number of aromatic nitrogens is 2. The number of aryl methyl sites for hydroxylation is 1. The van der Waals surface area contributed by atoms with Crippen LogP contribution in [0.1, 0.15) is 44.4 Å². The highest BCUT2D eigenvalue weighted by molar-refractivity contribution is 14.0. The number of ether oxygens (including phenoxy) is 1. The molecule has 0 fully saturated rings. The van der Waals surface area contributed by atoms with Gasteiger partial charge in [-0.15, -0.1) is 24.0 Å². The van der Waals surface area contributed by atoms with Gasteiger partial charge in [0.15, 0.2) is 5.96 Å². The molecular formula is C22H34IN7O. The van der Waals surface area contributed by atoms with Gasteiger partial charge in [-0.3, -0.25) is 4.99 Å². The highest BCUT2D eigenvalue weighted by atomic mass is 127. The van der Waals surface area contributed by atoms with Gasteiger partial charge in [-0.05, 0) is 51.7 Å². The fourth-order valence-electron chi connectivity index (χ4n) is 3.00. The summed E-state index contributed by atoms with van der Waals surface area (Å²) in [5.74, 6) is 1.19. The smallest absolute Gasteiger partial charge is 0.191 e. The minimum absolute atomic E-state index is 0. The molecular weight excluding hydrogens is 505 g/mol. The Kier molecular flexibility index (Phi) is 13.3. The van der Waals surface area contributed by atoms with E-state index in [1.807, 2.05) is 44.2 Å². The molecule has 2 rings (SSSR count). The number of rotatable bonds is 12. The lowest BCUT2D eigenvalue weighted by Gasteiger charge is -2.11. The number of hydrogen-bond acceptors (Lipinski definition) is 5. The Bertz CT molecular complexity index is 830. The number of unbranched alkanes of at least 4 members (excludes halogenated alkanes) is 1. The molecule has 31 heavy (non-hydrogen) atoms. The van der Waals surface area contributed by atoms with Crippen molar-refractivity contribution in [1.29, 1.82) is 5.26 Å². The van der Waals surface area contributed by atoms with Crippen LogP contribution in [0.25, 0.3) is 5.69 Å². The first-order valence-corrected chi connectivity index (χ1v) is 10.6. The second-order valence-corrected chi connectivity index (χ2v) is 6.76. The number of nitrogens with one attached hydrogen (secondary N) is 2. The number of para-hydroxylation sites is 1. The summed E-state index contributed by atoms with van der Waals surface area (Å²) in [7, 11) is 0. The Hall–Kier alpha value is -2.32. The Morgan fingerprint density at radius 3 is 2.65 bits per heavy atom. The summed E-state index contributed by atoms with van der Waals surface area (Å²) in [6, 6.07) is 11.8. The van der Waals surface area contributed by atoms with Crippen molar-refractivity contribution in [2.45, 2.75) is 39.5 Å². The predicted octanol–water partition coefficient (Wildman–Crippen LogP) is 3.25. The highest BCUT2D eigenvalue weighted by Crippen LogP contribution is 2.21. The number of nitrogens with two attached hydrogens (primary N) is 1. The number of nitrogen functional groups attached to an aromatic ring is 1. The maximum Gasteiger partial charge on any atom is 0.191 e. The number of aliphatic imine (C=N–C) groups is 1. The molecule has 0 aliphatic rings. The molecule has 2 aromatic rings. The third-order valence-corrected chi connectivity index (χ3v) is 4.50. The zero-order valence-corrected chi connectivity index (χ0v) is 20.8. The van der Waals surface area contributed by atoms with Crippen LogP contribution in [0.3, 0.4) is 0 Å². The molecule has 0 saturated carbocycles. The first-order valence-electron chi connectivity index (χ1n) is 10.6. The molecule has 0 radical (unpaired) electrons. The number of guanidine groups is 1. The second-order valence-electron chi connectivity index (χ2n) is 6.76. The number of hydrogen-bond donors (Lipinski definition) is 3. The van der Waals surface area contributed by atoms with Crippen molar-refractivity contribution < 1.29 is 4.74 Å². The van der Waals surface area contributed by atoms with Gasteiger partial charge in [-0.25, -0.2) is 4.68 Å². The third kappa shape index (κ3) is 8.75. The van der Waals surface area contributed by atoms with E-state index in [-0.39, 0.29) is 24.0 Å². The zero-order chi connectivity index (χ0) is 21.6. The van der Waals surface area contributed by atoms with Crippen LogP contribution >= 0.6 is 24.0 Å². The van der Waals surface area contributed by atoms with Crippen LogP contribution in [-0.4, -0.2) is 48.6 Å². The minimum atomic E-state index is 0. The normalized spacial score (nSPS) is 10.9. The Morgan fingerprint density at radius 2 is 1.97 bits per heavy atom. The van der Waals surface area contributed by atoms with Crippen LogP contribution in [0.4, 0.5) is 5.82 Å². The fourth-order valence-corrected chi connectivity index (χ4v) is 3.00. The summed E-state index contributed by atoms with van der Waals surface area (Å²) in [6.07, 6.45) is 3.49. The monoisotopic (exact) mass is 539 g/mol. The van der Waals surface area contributed by atoms with Gasteiger partial charge in [0.1, 0.15) is 17.5 Å². The van der Waals surface area contributed by atoms with Crippen molar-refractivity contribution in [2.24, 2.45) is 4.99 Å². The molecule has 9 heteroatoms. The highest BCUT2D eigenvalue weighted by Gasteiger charge is 2.16. The van der Waals surface area contributed by atoms with E-state index >= 15 is 0 Å². The Morgan fingerprint density at radius 1 is 1.19 bits per heavy atom. The van der Waals surface area contributed by atoms with E-state index in [2.05, 4.69) is 26.8 Å². The lowest BCUT2D eigenvalue weighted by Crippen LogP contribution is -2.38. The van der Waals surface area contributed by atoms with Crippen LogP contribution in [0.2, 0.25) is 0 Å². The molecule has 0 amide bonds. The van der Waals surface area contributed by atoms with Gasteiger partial charge in [-0.2, -0.15) is 10.4 Å². The summed E-state index contributed by atoms with van der Waals surface area (Å²) >= 11 is 0. The van der Waals surface area contributed by atoms with Crippen molar-refractivity contribution in [3.63, 3.8) is 0 Å². The van der Waals surface area contributed by atoms with Gasteiger partial charge in [-0.1, -0.05) is 18.2 Å². The Balaban J connectivity index is 0.00000480. The number of nitriles is 1. The number of nitrogens with zero attached hydrogens (tertiary/aromatic N) is 4. The van der Waals surface area contributed by atoms with E-state index in [1.165, 1.54) is 0 Å². The molecule has 170 valence electrons. The third-order valence-electron chi connectivity index (χ3n) is 4.50. The minimum Gasteiger partial charge on any atom is -0.382 e. The number of benzene rings is 1. The molecule has 1 aromatic carbocycles. The van der Waals surface area contributed by atoms with E-state index in [0.29, 0.717) is 30.0 Å². The molecule has 0 saturated heterocycles. The standard InChI is InChI=1S/C22H33N7O.HI/c1-3-25-22(26-14-8-9-16-30-4-2)27-15-10-13-20-19(17-23)21(24)29(28-20)18-11-6-5-7-12-18;/h5-7,11-12H,3-4,8-10,13-16,24H2,1-2H3,(H2,25,26,27);1H. The maximum absolute atomic E-state index is 9.51. The van der Waals surface area contributed by atoms with Gasteiger partial charge < -0.3 is 21.1 Å². The van der Waals surface area contributed by atoms with Crippen LogP contribution in [0.5, 0.6) is 0 Å². The summed E-state index contributed by atoms with van der Waals surface area (Å²) in [6.45, 7) is 7.92. The molecule has 1 aromatic heterocycles. The van der Waals surface area contributed by atoms with Gasteiger partial charge >= 0.3 is 0 Å². The van der Waals surface area contributed by atoms with Crippen molar-refractivity contribution in [3.05, 3.63) is 41.6 Å². The summed E-state index contributed by atoms with van der Waals surface area (Å²) in [5, 5.41) is 20.7. The molecule has 0 atom stereocenters. The van der Waals surface area contributed by atoms with Crippen LogP contribution in [-0.2, 0) is 11.2 Å². The van der Waals surface area contributed by atoms with Crippen molar-refractivity contribution in [3.8, 4) is 11.8 Å². The van der Waals surface area contributed by atoms with Crippen LogP contribution in [0, 0.1) is 11.3 Å². The zero-order valence-electron chi connectivity index (χ0n) is 18.4. The van der Waals surface area contributed by atoms with E-state index in [4.69, 9.17) is 10.5 Å². The lowest BCUT2D eigenvalue weighted by atomic mass is 10.1. The molecule has 0 aliphatic carbocycles. The first-order chi connectivity index (χ1) is 14.7. The molecule has 0 aliphatic heterocycles. The molecule has 8 nitrogen and oxygen atoms in total. The quantitative estimate of drug-likeness (QED) is 0.165. The molecule has 4 N–H and O–H groups in total. The summed E-state index contributed by atoms with van der Waals surface area (Å²) in [5.41, 5.74) is 8.16. The van der Waals surface area contributed by atoms with Gasteiger partial charge in [0.25, 0.3) is 0 Å².